The second-order valence-corrected chi connectivity index (χ2v) is 5.02. The van der Waals surface area contributed by atoms with Crippen molar-refractivity contribution in [3.05, 3.63) is 0 Å². The van der Waals surface area contributed by atoms with Crippen LogP contribution in [-0.2, 0) is 9.47 Å². The molecule has 2 aliphatic rings. The standard InChI is InChI=1S/C10H17NO3/c1-10(2,3)14-9(12)11-4-7-6-13-8(7)5-11/h7-8H,4-6H2,1-3H3. The Morgan fingerprint density at radius 2 is 2.14 bits per heavy atom. The van der Waals surface area contributed by atoms with Gasteiger partial charge in [0.15, 0.2) is 0 Å². The second-order valence-electron chi connectivity index (χ2n) is 5.02. The summed E-state index contributed by atoms with van der Waals surface area (Å²) in [7, 11) is 0. The average Bonchev–Trinajstić information content (AvgIpc) is 2.24. The molecule has 1 amide bonds. The molecule has 2 saturated heterocycles. The van der Waals surface area contributed by atoms with Crippen molar-refractivity contribution in [1.29, 1.82) is 0 Å². The van der Waals surface area contributed by atoms with Gasteiger partial charge in [0.05, 0.1) is 19.3 Å². The van der Waals surface area contributed by atoms with Gasteiger partial charge >= 0.3 is 6.09 Å². The lowest BCUT2D eigenvalue weighted by molar-refractivity contribution is -0.0831. The van der Waals surface area contributed by atoms with Crippen molar-refractivity contribution < 1.29 is 14.3 Å². The van der Waals surface area contributed by atoms with Crippen LogP contribution < -0.4 is 0 Å². The largest absolute Gasteiger partial charge is 0.444 e. The minimum Gasteiger partial charge on any atom is -0.444 e. The maximum atomic E-state index is 11.6. The Hall–Kier alpha value is -0.770. The van der Waals surface area contributed by atoms with Crippen LogP contribution in [0, 0.1) is 5.92 Å². The lowest BCUT2D eigenvalue weighted by atomic mass is 10.0. The summed E-state index contributed by atoms with van der Waals surface area (Å²) in [6, 6.07) is 0. The first-order chi connectivity index (χ1) is 6.46. The van der Waals surface area contributed by atoms with E-state index in [4.69, 9.17) is 9.47 Å². The third-order valence-electron chi connectivity index (χ3n) is 2.56. The van der Waals surface area contributed by atoms with Crippen molar-refractivity contribution in [2.24, 2.45) is 5.92 Å². The van der Waals surface area contributed by atoms with Gasteiger partial charge in [0, 0.05) is 12.5 Å². The highest BCUT2D eigenvalue weighted by Crippen LogP contribution is 2.29. The molecule has 0 bridgehead atoms. The first-order valence-electron chi connectivity index (χ1n) is 5.05. The van der Waals surface area contributed by atoms with E-state index in [2.05, 4.69) is 0 Å². The Labute approximate surface area is 84.2 Å². The van der Waals surface area contributed by atoms with Crippen LogP contribution in [0.5, 0.6) is 0 Å². The number of nitrogens with zero attached hydrogens (tertiary/aromatic N) is 1. The number of ether oxygens (including phenoxy) is 2. The Morgan fingerprint density at radius 1 is 1.43 bits per heavy atom. The minimum atomic E-state index is -0.403. The maximum Gasteiger partial charge on any atom is 0.410 e. The van der Waals surface area contributed by atoms with Crippen LogP contribution >= 0.6 is 0 Å². The number of hydrogen-bond acceptors (Lipinski definition) is 3. The Kier molecular flexibility index (Phi) is 2.18. The van der Waals surface area contributed by atoms with Crippen molar-refractivity contribution in [1.82, 2.24) is 4.90 Å². The fraction of sp³-hybridized carbons (Fsp3) is 0.900. The number of rotatable bonds is 0. The second kappa shape index (κ2) is 3.12. The number of fused-ring (bicyclic) bond motifs is 1. The summed E-state index contributed by atoms with van der Waals surface area (Å²) >= 11 is 0. The van der Waals surface area contributed by atoms with E-state index in [1.54, 1.807) is 4.90 Å². The summed E-state index contributed by atoms with van der Waals surface area (Å²) in [6.45, 7) is 7.92. The highest BCUT2D eigenvalue weighted by molar-refractivity contribution is 5.68. The van der Waals surface area contributed by atoms with Gasteiger partial charge < -0.3 is 14.4 Å². The van der Waals surface area contributed by atoms with Crippen molar-refractivity contribution >= 4 is 6.09 Å². The summed E-state index contributed by atoms with van der Waals surface area (Å²) in [6.07, 6.45) is 0.0537. The molecule has 0 spiro atoms. The maximum absolute atomic E-state index is 11.6. The van der Waals surface area contributed by atoms with Crippen LogP contribution in [0.4, 0.5) is 4.79 Å². The molecule has 0 aliphatic carbocycles. The Bertz CT molecular complexity index is 234. The molecular formula is C10H17NO3. The molecule has 2 atom stereocenters. The van der Waals surface area contributed by atoms with Crippen molar-refractivity contribution in [3.63, 3.8) is 0 Å². The van der Waals surface area contributed by atoms with Crippen LogP contribution in [0.2, 0.25) is 0 Å². The van der Waals surface area contributed by atoms with Crippen molar-refractivity contribution in [2.45, 2.75) is 32.5 Å². The van der Waals surface area contributed by atoms with E-state index >= 15 is 0 Å². The van der Waals surface area contributed by atoms with Crippen molar-refractivity contribution in [3.8, 4) is 0 Å². The highest BCUT2D eigenvalue weighted by Gasteiger charge is 2.43. The normalized spacial score (nSPS) is 30.9. The molecule has 0 aromatic carbocycles. The van der Waals surface area contributed by atoms with E-state index in [9.17, 15) is 4.79 Å². The van der Waals surface area contributed by atoms with Gasteiger partial charge in [-0.25, -0.2) is 4.79 Å². The lowest BCUT2D eigenvalue weighted by Gasteiger charge is -2.28. The molecule has 2 heterocycles. The fourth-order valence-corrected chi connectivity index (χ4v) is 1.79. The topological polar surface area (TPSA) is 38.8 Å². The first-order valence-corrected chi connectivity index (χ1v) is 5.05. The summed E-state index contributed by atoms with van der Waals surface area (Å²) in [5.41, 5.74) is -0.403. The average molecular weight is 199 g/mol. The number of hydrogen-bond donors (Lipinski definition) is 0. The van der Waals surface area contributed by atoms with Gasteiger partial charge in [0.2, 0.25) is 0 Å². The van der Waals surface area contributed by atoms with Gasteiger partial charge in [-0.1, -0.05) is 0 Å². The Balaban J connectivity index is 1.87. The fourth-order valence-electron chi connectivity index (χ4n) is 1.79. The van der Waals surface area contributed by atoms with Gasteiger partial charge in [-0.05, 0) is 20.8 Å². The van der Waals surface area contributed by atoms with Crippen LogP contribution in [-0.4, -0.2) is 42.4 Å². The predicted molar refractivity (Wildman–Crippen MR) is 51.0 cm³/mol. The molecule has 2 aliphatic heterocycles. The summed E-state index contributed by atoms with van der Waals surface area (Å²) in [4.78, 5) is 13.4. The quantitative estimate of drug-likeness (QED) is 0.589. The molecule has 2 unspecified atom stereocenters. The van der Waals surface area contributed by atoms with Gasteiger partial charge in [-0.3, -0.25) is 0 Å². The number of likely N-dealkylation sites (tertiary alicyclic amines) is 1. The molecule has 0 aromatic rings. The molecule has 4 heteroatoms. The molecular weight excluding hydrogens is 182 g/mol. The summed E-state index contributed by atoms with van der Waals surface area (Å²) < 4.78 is 10.6. The zero-order chi connectivity index (χ0) is 10.3. The first kappa shape index (κ1) is 9.77. The zero-order valence-electron chi connectivity index (χ0n) is 8.95. The smallest absolute Gasteiger partial charge is 0.410 e. The molecule has 0 aromatic heterocycles. The van der Waals surface area contributed by atoms with E-state index in [1.165, 1.54) is 0 Å². The van der Waals surface area contributed by atoms with E-state index in [1.807, 2.05) is 20.8 Å². The summed E-state index contributed by atoms with van der Waals surface area (Å²) in [5.74, 6) is 0.544. The SMILES string of the molecule is CC(C)(C)OC(=O)N1CC2COC2C1. The molecule has 0 radical (unpaired) electrons. The highest BCUT2D eigenvalue weighted by atomic mass is 16.6. The molecule has 4 nitrogen and oxygen atoms in total. The molecule has 80 valence electrons. The monoisotopic (exact) mass is 199 g/mol. The van der Waals surface area contributed by atoms with Crippen LogP contribution in [0.25, 0.3) is 0 Å². The predicted octanol–water partition coefficient (Wildman–Crippen LogP) is 1.25. The van der Waals surface area contributed by atoms with Crippen molar-refractivity contribution in [2.75, 3.05) is 19.7 Å². The Morgan fingerprint density at radius 3 is 2.50 bits per heavy atom. The van der Waals surface area contributed by atoms with E-state index < -0.39 is 5.60 Å². The molecule has 14 heavy (non-hydrogen) atoms. The van der Waals surface area contributed by atoms with E-state index in [0.29, 0.717) is 12.5 Å². The minimum absolute atomic E-state index is 0.212. The van der Waals surface area contributed by atoms with Crippen LogP contribution in [0.3, 0.4) is 0 Å². The van der Waals surface area contributed by atoms with Gasteiger partial charge in [-0.15, -0.1) is 0 Å². The van der Waals surface area contributed by atoms with Gasteiger partial charge in [0.25, 0.3) is 0 Å². The summed E-state index contributed by atoms with van der Waals surface area (Å²) in [5, 5.41) is 0. The van der Waals surface area contributed by atoms with Crippen LogP contribution in [0.15, 0.2) is 0 Å². The molecule has 0 saturated carbocycles. The van der Waals surface area contributed by atoms with Gasteiger partial charge in [0.1, 0.15) is 5.60 Å². The third kappa shape index (κ3) is 1.85. The lowest BCUT2D eigenvalue weighted by Crippen LogP contribution is -2.38. The van der Waals surface area contributed by atoms with E-state index in [-0.39, 0.29) is 12.2 Å². The molecule has 0 N–H and O–H groups in total. The molecule has 2 fully saturated rings. The van der Waals surface area contributed by atoms with Crippen LogP contribution in [0.1, 0.15) is 20.8 Å². The molecule has 2 rings (SSSR count). The van der Waals surface area contributed by atoms with E-state index in [0.717, 1.165) is 13.2 Å². The van der Waals surface area contributed by atoms with Gasteiger partial charge in [-0.2, -0.15) is 0 Å². The zero-order valence-corrected chi connectivity index (χ0v) is 8.95. The number of amides is 1. The number of carbonyl (C=O) groups excluding carboxylic acids is 1. The third-order valence-corrected chi connectivity index (χ3v) is 2.56. The number of carbonyl (C=O) groups is 1.